The maximum Gasteiger partial charge on any atom is 0.253 e. The number of carbonyl (C=O) groups is 1. The first-order chi connectivity index (χ1) is 17.6. The lowest BCUT2D eigenvalue weighted by molar-refractivity contribution is 0.0563. The number of hydrogen-bond acceptors (Lipinski definition) is 5. The summed E-state index contributed by atoms with van der Waals surface area (Å²) in [5.74, 6) is -0.750. The normalized spacial score (nSPS) is 22.6. The quantitative estimate of drug-likeness (QED) is 0.601. The van der Waals surface area contributed by atoms with Gasteiger partial charge in [-0.2, -0.15) is 4.31 Å². The molecule has 7 nitrogen and oxygen atoms in total. The molecule has 0 bridgehead atoms. The standard InChI is InChI=1S/C28H35FN2O5S/c1-19-16-31(20(2)18-32)37(34,35)27-14-11-23(21-7-5-4-6-8-21)15-25(27)36-26(19)17-30(3)28(33)22-9-12-24(29)13-10-22/h7,9-15,19-20,26,32H,4-6,8,16-18H2,1-3H3/t19-,20-,26+/m0/s1. The van der Waals surface area contributed by atoms with Crippen LogP contribution < -0.4 is 4.74 Å². The lowest BCUT2D eigenvalue weighted by Gasteiger charge is -2.37. The number of benzene rings is 2. The fourth-order valence-corrected chi connectivity index (χ4v) is 6.74. The Morgan fingerprint density at radius 2 is 1.95 bits per heavy atom. The van der Waals surface area contributed by atoms with Crippen LogP contribution in [0.2, 0.25) is 0 Å². The van der Waals surface area contributed by atoms with E-state index in [1.807, 2.05) is 13.0 Å². The number of halogens is 1. The van der Waals surface area contributed by atoms with Gasteiger partial charge in [0.2, 0.25) is 10.0 Å². The Balaban J connectivity index is 1.71. The predicted octanol–water partition coefficient (Wildman–Crippen LogP) is 4.32. The molecule has 3 atom stereocenters. The maximum absolute atomic E-state index is 13.7. The van der Waals surface area contributed by atoms with Gasteiger partial charge in [-0.1, -0.05) is 19.1 Å². The Hall–Kier alpha value is -2.75. The third-order valence-corrected chi connectivity index (χ3v) is 9.24. The van der Waals surface area contributed by atoms with Crippen LogP contribution >= 0.6 is 0 Å². The van der Waals surface area contributed by atoms with Gasteiger partial charge in [-0.25, -0.2) is 12.8 Å². The maximum atomic E-state index is 13.7. The molecule has 200 valence electrons. The van der Waals surface area contributed by atoms with Gasteiger partial charge >= 0.3 is 0 Å². The van der Waals surface area contributed by atoms with Gasteiger partial charge in [0.15, 0.2) is 0 Å². The molecule has 1 heterocycles. The molecule has 0 saturated carbocycles. The minimum Gasteiger partial charge on any atom is -0.487 e. The number of aliphatic hydroxyl groups excluding tert-OH is 1. The molecule has 37 heavy (non-hydrogen) atoms. The molecule has 4 rings (SSSR count). The molecule has 1 aliphatic heterocycles. The second kappa shape index (κ2) is 11.3. The van der Waals surface area contributed by atoms with Crippen LogP contribution in [0.25, 0.3) is 5.57 Å². The van der Waals surface area contributed by atoms with Gasteiger partial charge in [-0.3, -0.25) is 4.79 Å². The predicted molar refractivity (Wildman–Crippen MR) is 140 cm³/mol. The number of allylic oxidation sites excluding steroid dienone is 2. The van der Waals surface area contributed by atoms with Gasteiger partial charge in [-0.15, -0.1) is 0 Å². The van der Waals surface area contributed by atoms with Crippen molar-refractivity contribution < 1.29 is 27.4 Å². The summed E-state index contributed by atoms with van der Waals surface area (Å²) >= 11 is 0. The molecule has 0 aromatic heterocycles. The summed E-state index contributed by atoms with van der Waals surface area (Å²) in [6, 6.07) is 9.94. The molecule has 0 spiro atoms. The van der Waals surface area contributed by atoms with E-state index in [2.05, 4.69) is 6.08 Å². The van der Waals surface area contributed by atoms with E-state index in [-0.39, 0.29) is 42.2 Å². The van der Waals surface area contributed by atoms with Gasteiger partial charge < -0.3 is 14.7 Å². The van der Waals surface area contributed by atoms with Crippen LogP contribution in [0.5, 0.6) is 5.75 Å². The minimum absolute atomic E-state index is 0.0531. The summed E-state index contributed by atoms with van der Waals surface area (Å²) in [6.45, 7) is 3.56. The van der Waals surface area contributed by atoms with Crippen LogP contribution in [0.4, 0.5) is 4.39 Å². The molecule has 0 radical (unpaired) electrons. The highest BCUT2D eigenvalue weighted by Gasteiger charge is 2.38. The summed E-state index contributed by atoms with van der Waals surface area (Å²) in [5, 5.41) is 9.84. The van der Waals surface area contributed by atoms with E-state index in [0.717, 1.165) is 31.2 Å². The Labute approximate surface area is 218 Å². The van der Waals surface area contributed by atoms with Crippen molar-refractivity contribution in [2.24, 2.45) is 5.92 Å². The smallest absolute Gasteiger partial charge is 0.253 e. The number of rotatable bonds is 6. The lowest BCUT2D eigenvalue weighted by Crippen LogP contribution is -2.50. The van der Waals surface area contributed by atoms with Crippen molar-refractivity contribution in [3.05, 3.63) is 65.5 Å². The number of ether oxygens (including phenoxy) is 1. The van der Waals surface area contributed by atoms with Crippen molar-refractivity contribution in [3.8, 4) is 5.75 Å². The highest BCUT2D eigenvalue weighted by atomic mass is 32.2. The first kappa shape index (κ1) is 27.3. The first-order valence-electron chi connectivity index (χ1n) is 12.8. The number of carbonyl (C=O) groups excluding carboxylic acids is 1. The second-order valence-corrected chi connectivity index (χ2v) is 11.9. The Morgan fingerprint density at radius 1 is 1.22 bits per heavy atom. The Kier molecular flexibility index (Phi) is 8.36. The fraction of sp³-hybridized carbons (Fsp3) is 0.464. The molecular formula is C28H35FN2O5S. The van der Waals surface area contributed by atoms with E-state index in [1.54, 1.807) is 26.1 Å². The van der Waals surface area contributed by atoms with Gasteiger partial charge in [0.1, 0.15) is 22.6 Å². The fourth-order valence-electron chi connectivity index (χ4n) is 4.91. The van der Waals surface area contributed by atoms with Crippen molar-refractivity contribution in [2.75, 3.05) is 26.7 Å². The number of hydrogen-bond donors (Lipinski definition) is 1. The molecule has 2 aromatic rings. The number of nitrogens with zero attached hydrogens (tertiary/aromatic N) is 2. The summed E-state index contributed by atoms with van der Waals surface area (Å²) in [5.41, 5.74) is 2.46. The van der Waals surface area contributed by atoms with E-state index in [9.17, 15) is 22.7 Å². The van der Waals surface area contributed by atoms with E-state index >= 15 is 0 Å². The summed E-state index contributed by atoms with van der Waals surface area (Å²) in [4.78, 5) is 14.6. The van der Waals surface area contributed by atoms with E-state index in [4.69, 9.17) is 4.74 Å². The molecular weight excluding hydrogens is 495 g/mol. The zero-order valence-corrected chi connectivity index (χ0v) is 22.4. The minimum atomic E-state index is -3.94. The number of amides is 1. The highest BCUT2D eigenvalue weighted by molar-refractivity contribution is 7.89. The van der Waals surface area contributed by atoms with Crippen LogP contribution in [-0.2, 0) is 10.0 Å². The molecule has 0 unspecified atom stereocenters. The molecule has 1 aliphatic carbocycles. The zero-order chi connectivity index (χ0) is 26.7. The highest BCUT2D eigenvalue weighted by Crippen LogP contribution is 2.37. The van der Waals surface area contributed by atoms with Crippen LogP contribution in [0, 0.1) is 11.7 Å². The van der Waals surface area contributed by atoms with Crippen molar-refractivity contribution in [2.45, 2.75) is 56.6 Å². The Bertz CT molecular complexity index is 1260. The largest absolute Gasteiger partial charge is 0.487 e. The van der Waals surface area contributed by atoms with Gasteiger partial charge in [0, 0.05) is 31.1 Å². The van der Waals surface area contributed by atoms with E-state index in [1.165, 1.54) is 39.0 Å². The topological polar surface area (TPSA) is 87.2 Å². The zero-order valence-electron chi connectivity index (χ0n) is 21.6. The monoisotopic (exact) mass is 530 g/mol. The molecule has 1 N–H and O–H groups in total. The molecule has 9 heteroatoms. The first-order valence-corrected chi connectivity index (χ1v) is 14.2. The van der Waals surface area contributed by atoms with Crippen LogP contribution in [-0.4, -0.2) is 67.5 Å². The van der Waals surface area contributed by atoms with Gasteiger partial charge in [0.05, 0.1) is 13.2 Å². The van der Waals surface area contributed by atoms with Crippen molar-refractivity contribution in [1.82, 2.24) is 9.21 Å². The van der Waals surface area contributed by atoms with Crippen LogP contribution in [0.1, 0.15) is 55.5 Å². The summed E-state index contributed by atoms with van der Waals surface area (Å²) < 4.78 is 48.4. The SMILES string of the molecule is C[C@H]1CN([C@@H](C)CO)S(=O)(=O)c2ccc(C3=CCCCC3)cc2O[C@@H]1CN(C)C(=O)c1ccc(F)cc1. The molecule has 2 aliphatic rings. The van der Waals surface area contributed by atoms with Gasteiger partial charge in [0.25, 0.3) is 5.91 Å². The number of fused-ring (bicyclic) bond motifs is 1. The summed E-state index contributed by atoms with van der Waals surface area (Å²) in [7, 11) is -2.29. The number of aliphatic hydroxyl groups is 1. The third kappa shape index (κ3) is 5.89. The van der Waals surface area contributed by atoms with Crippen molar-refractivity contribution in [1.29, 1.82) is 0 Å². The van der Waals surface area contributed by atoms with E-state index in [0.29, 0.717) is 5.56 Å². The average molecular weight is 531 g/mol. The second-order valence-electron chi connectivity index (χ2n) is 10.1. The van der Waals surface area contributed by atoms with Crippen LogP contribution in [0.15, 0.2) is 53.4 Å². The van der Waals surface area contributed by atoms with E-state index < -0.39 is 28.0 Å². The van der Waals surface area contributed by atoms with Gasteiger partial charge in [-0.05, 0) is 80.1 Å². The average Bonchev–Trinajstić information content (AvgIpc) is 2.90. The van der Waals surface area contributed by atoms with Crippen molar-refractivity contribution >= 4 is 21.5 Å². The van der Waals surface area contributed by atoms with Crippen LogP contribution in [0.3, 0.4) is 0 Å². The molecule has 2 aromatic carbocycles. The molecule has 0 fully saturated rings. The molecule has 1 amide bonds. The summed E-state index contributed by atoms with van der Waals surface area (Å²) in [6.07, 6.45) is 5.81. The third-order valence-electron chi connectivity index (χ3n) is 7.22. The molecule has 0 saturated heterocycles. The number of sulfonamides is 1. The Morgan fingerprint density at radius 3 is 2.59 bits per heavy atom. The van der Waals surface area contributed by atoms with Crippen molar-refractivity contribution in [3.63, 3.8) is 0 Å². The lowest BCUT2D eigenvalue weighted by atomic mass is 9.93. The number of likely N-dealkylation sites (N-methyl/N-ethyl adjacent to an activating group) is 1.